The maximum Gasteiger partial charge on any atom is 0.332 e. The van der Waals surface area contributed by atoms with Gasteiger partial charge in [-0.15, -0.1) is 0 Å². The lowest BCUT2D eigenvalue weighted by molar-refractivity contribution is -0.394. The Morgan fingerprint density at radius 1 is 1.17 bits per heavy atom. The van der Waals surface area contributed by atoms with E-state index in [1.54, 1.807) is 0 Å². The number of aliphatic hydroxyl groups excluding tert-OH is 1. The maximum absolute atomic E-state index is 10.6. The second-order valence-electron chi connectivity index (χ2n) is 3.43. The molecule has 1 unspecified atom stereocenters. The lowest BCUT2D eigenvalue weighted by atomic mass is 10.1. The van der Waals surface area contributed by atoms with Crippen molar-refractivity contribution in [2.24, 2.45) is 0 Å². The summed E-state index contributed by atoms with van der Waals surface area (Å²) in [5, 5.41) is 38.7. The number of nitrogens with zero attached hydrogens (tertiary/aromatic N) is 2. The number of hydrogen-bond acceptors (Lipinski definition) is 6. The van der Waals surface area contributed by atoms with E-state index < -0.39 is 39.7 Å². The van der Waals surface area contributed by atoms with Crippen molar-refractivity contribution >= 4 is 17.3 Å². The van der Waals surface area contributed by atoms with Crippen molar-refractivity contribution < 1.29 is 24.9 Å². The molecule has 0 aliphatic carbocycles. The molecule has 0 amide bonds. The van der Waals surface area contributed by atoms with Gasteiger partial charge < -0.3 is 10.2 Å². The Kier molecular flexibility index (Phi) is 3.89. The SMILES string of the molecule is O=C(O)C(O)Cc1cc([N+](=O)[O-])cc([N+](=O)[O-])c1. The van der Waals surface area contributed by atoms with Crippen LogP contribution >= 0.6 is 0 Å². The van der Waals surface area contributed by atoms with Crippen LogP contribution in [0.15, 0.2) is 18.2 Å². The van der Waals surface area contributed by atoms with Gasteiger partial charge in [0.1, 0.15) is 0 Å². The zero-order chi connectivity index (χ0) is 13.9. The molecular weight excluding hydrogens is 248 g/mol. The molecule has 0 spiro atoms. The second-order valence-corrected chi connectivity index (χ2v) is 3.43. The van der Waals surface area contributed by atoms with Crippen LogP contribution in [0.3, 0.4) is 0 Å². The molecule has 1 aromatic rings. The zero-order valence-electron chi connectivity index (χ0n) is 8.85. The number of rotatable bonds is 5. The monoisotopic (exact) mass is 256 g/mol. The van der Waals surface area contributed by atoms with Gasteiger partial charge in [0.15, 0.2) is 6.10 Å². The van der Waals surface area contributed by atoms with E-state index in [4.69, 9.17) is 10.2 Å². The Hall–Kier alpha value is -2.55. The van der Waals surface area contributed by atoms with E-state index in [1.165, 1.54) is 0 Å². The van der Waals surface area contributed by atoms with Gasteiger partial charge in [0.25, 0.3) is 11.4 Å². The molecule has 0 saturated carbocycles. The number of carboxylic acid groups (broad SMARTS) is 1. The van der Waals surface area contributed by atoms with Crippen LogP contribution in [0.1, 0.15) is 5.56 Å². The van der Waals surface area contributed by atoms with Gasteiger partial charge in [-0.2, -0.15) is 0 Å². The Balaban J connectivity index is 3.15. The summed E-state index contributed by atoms with van der Waals surface area (Å²) < 4.78 is 0. The summed E-state index contributed by atoms with van der Waals surface area (Å²) >= 11 is 0. The normalized spacial score (nSPS) is 11.8. The van der Waals surface area contributed by atoms with Crippen molar-refractivity contribution in [1.29, 1.82) is 0 Å². The first-order valence-corrected chi connectivity index (χ1v) is 4.65. The minimum absolute atomic E-state index is 0.00537. The van der Waals surface area contributed by atoms with Crippen LogP contribution in [0.25, 0.3) is 0 Å². The quantitative estimate of drug-likeness (QED) is 0.576. The molecule has 0 heterocycles. The number of hydrogen-bond donors (Lipinski definition) is 2. The number of aliphatic carboxylic acids is 1. The Labute approximate surface area is 99.6 Å². The van der Waals surface area contributed by atoms with Crippen LogP contribution < -0.4 is 0 Å². The third-order valence-corrected chi connectivity index (χ3v) is 2.10. The summed E-state index contributed by atoms with van der Waals surface area (Å²) in [7, 11) is 0. The third-order valence-electron chi connectivity index (χ3n) is 2.10. The topological polar surface area (TPSA) is 144 Å². The van der Waals surface area contributed by atoms with Gasteiger partial charge in [-0.25, -0.2) is 4.79 Å². The molecule has 9 heteroatoms. The molecule has 0 saturated heterocycles. The molecule has 9 nitrogen and oxygen atoms in total. The number of non-ortho nitro benzene ring substituents is 2. The third kappa shape index (κ3) is 3.22. The van der Waals surface area contributed by atoms with Gasteiger partial charge >= 0.3 is 5.97 Å². The highest BCUT2D eigenvalue weighted by Gasteiger charge is 2.20. The summed E-state index contributed by atoms with van der Waals surface area (Å²) in [4.78, 5) is 29.9. The Bertz CT molecular complexity index is 481. The maximum atomic E-state index is 10.6. The lowest BCUT2D eigenvalue weighted by Crippen LogP contribution is -2.22. The average Bonchev–Trinajstić information content (AvgIpc) is 2.28. The fourth-order valence-electron chi connectivity index (χ4n) is 1.30. The van der Waals surface area contributed by atoms with Crippen molar-refractivity contribution in [3.63, 3.8) is 0 Å². The minimum atomic E-state index is -1.77. The Morgan fingerprint density at radius 3 is 1.94 bits per heavy atom. The van der Waals surface area contributed by atoms with Crippen LogP contribution in [0.4, 0.5) is 11.4 Å². The standard InChI is InChI=1S/C9H8N2O7/c12-8(9(13)14)3-5-1-6(10(15)16)4-7(2-5)11(17)18/h1-2,4,8,12H,3H2,(H,13,14). The number of aliphatic hydroxyl groups is 1. The number of nitro groups is 2. The van der Waals surface area contributed by atoms with E-state index in [9.17, 15) is 25.0 Å². The summed E-state index contributed by atoms with van der Waals surface area (Å²) in [6.07, 6.45) is -2.22. The fraction of sp³-hybridized carbons (Fsp3) is 0.222. The first-order valence-electron chi connectivity index (χ1n) is 4.65. The van der Waals surface area contributed by atoms with Gasteiger partial charge in [-0.3, -0.25) is 20.2 Å². The van der Waals surface area contributed by atoms with Crippen molar-refractivity contribution in [3.8, 4) is 0 Å². The number of carboxylic acids is 1. The molecule has 0 aromatic heterocycles. The van der Waals surface area contributed by atoms with E-state index in [0.29, 0.717) is 0 Å². The molecule has 18 heavy (non-hydrogen) atoms. The molecule has 96 valence electrons. The number of nitro benzene ring substituents is 2. The summed E-state index contributed by atoms with van der Waals surface area (Å²) in [6.45, 7) is 0. The van der Waals surface area contributed by atoms with E-state index in [0.717, 1.165) is 18.2 Å². The van der Waals surface area contributed by atoms with E-state index in [-0.39, 0.29) is 5.56 Å². The van der Waals surface area contributed by atoms with Crippen LogP contribution in [-0.4, -0.2) is 32.1 Å². The van der Waals surface area contributed by atoms with E-state index in [1.807, 2.05) is 0 Å². The van der Waals surface area contributed by atoms with Crippen LogP contribution in [0.5, 0.6) is 0 Å². The van der Waals surface area contributed by atoms with Crippen LogP contribution in [0, 0.1) is 20.2 Å². The highest BCUT2D eigenvalue weighted by atomic mass is 16.6. The zero-order valence-corrected chi connectivity index (χ0v) is 8.85. The fourth-order valence-corrected chi connectivity index (χ4v) is 1.30. The first-order chi connectivity index (χ1) is 8.31. The molecular formula is C9H8N2O7. The largest absolute Gasteiger partial charge is 0.479 e. The van der Waals surface area contributed by atoms with Gasteiger partial charge in [-0.1, -0.05) is 0 Å². The predicted molar refractivity (Wildman–Crippen MR) is 57.1 cm³/mol. The molecule has 1 aromatic carbocycles. The van der Waals surface area contributed by atoms with Crippen LogP contribution in [0.2, 0.25) is 0 Å². The minimum Gasteiger partial charge on any atom is -0.479 e. The predicted octanol–water partition coefficient (Wildman–Crippen LogP) is 0.491. The molecule has 0 radical (unpaired) electrons. The summed E-state index contributed by atoms with van der Waals surface area (Å²) in [5.41, 5.74) is -1.06. The highest BCUT2D eigenvalue weighted by molar-refractivity contribution is 5.72. The van der Waals surface area contributed by atoms with Crippen molar-refractivity contribution in [2.75, 3.05) is 0 Å². The van der Waals surface area contributed by atoms with Crippen molar-refractivity contribution in [2.45, 2.75) is 12.5 Å². The molecule has 1 atom stereocenters. The van der Waals surface area contributed by atoms with Crippen LogP contribution in [-0.2, 0) is 11.2 Å². The van der Waals surface area contributed by atoms with Gasteiger partial charge in [0.05, 0.1) is 15.9 Å². The molecule has 1 rings (SSSR count). The molecule has 0 fully saturated rings. The molecule has 0 aliphatic rings. The number of carbonyl (C=O) groups is 1. The van der Waals surface area contributed by atoms with E-state index >= 15 is 0 Å². The highest BCUT2D eigenvalue weighted by Crippen LogP contribution is 2.23. The summed E-state index contributed by atoms with van der Waals surface area (Å²) in [5.74, 6) is -1.51. The first kappa shape index (κ1) is 13.5. The van der Waals surface area contributed by atoms with Crippen molar-refractivity contribution in [3.05, 3.63) is 44.0 Å². The molecule has 0 bridgehead atoms. The Morgan fingerprint density at radius 2 is 1.61 bits per heavy atom. The van der Waals surface area contributed by atoms with Crippen molar-refractivity contribution in [1.82, 2.24) is 0 Å². The lowest BCUT2D eigenvalue weighted by Gasteiger charge is -2.05. The summed E-state index contributed by atoms with van der Waals surface area (Å²) in [6, 6.07) is 2.73. The van der Waals surface area contributed by atoms with E-state index in [2.05, 4.69) is 0 Å². The smallest absolute Gasteiger partial charge is 0.332 e. The second kappa shape index (κ2) is 5.19. The van der Waals surface area contributed by atoms with Gasteiger partial charge in [0.2, 0.25) is 0 Å². The molecule has 2 N–H and O–H groups in total. The van der Waals surface area contributed by atoms with Gasteiger partial charge in [0, 0.05) is 18.6 Å². The molecule has 0 aliphatic heterocycles. The number of benzene rings is 1. The van der Waals surface area contributed by atoms with Gasteiger partial charge in [-0.05, 0) is 5.56 Å². The average molecular weight is 256 g/mol.